The number of rotatable bonds is 5. The van der Waals surface area contributed by atoms with Crippen LogP contribution in [0.5, 0.6) is 5.75 Å². The minimum Gasteiger partial charge on any atom is -0.508 e. The molecule has 0 aliphatic rings. The van der Waals surface area contributed by atoms with Crippen molar-refractivity contribution in [2.24, 2.45) is 5.73 Å². The van der Waals surface area contributed by atoms with Gasteiger partial charge in [0.1, 0.15) is 5.75 Å². The summed E-state index contributed by atoms with van der Waals surface area (Å²) in [5.41, 5.74) is 7.83. The summed E-state index contributed by atoms with van der Waals surface area (Å²) in [6, 6.07) is 5.51. The van der Waals surface area contributed by atoms with Crippen molar-refractivity contribution in [1.82, 2.24) is 10.8 Å². The molecule has 0 fully saturated rings. The average molecular weight is 253 g/mol. The van der Waals surface area contributed by atoms with Crippen molar-refractivity contribution in [3.63, 3.8) is 0 Å². The van der Waals surface area contributed by atoms with E-state index in [4.69, 9.17) is 16.0 Å². The molecule has 0 aliphatic heterocycles. The Bertz CT molecular complexity index is 419. The highest BCUT2D eigenvalue weighted by atomic mass is 16.5. The van der Waals surface area contributed by atoms with Gasteiger partial charge in [-0.3, -0.25) is 14.8 Å². The first-order chi connectivity index (χ1) is 8.52. The summed E-state index contributed by atoms with van der Waals surface area (Å²) in [5, 5.41) is 19.6. The minimum atomic E-state index is -0.805. The quantitative estimate of drug-likeness (QED) is 0.336. The number of carbonyl (C=O) groups excluding carboxylic acids is 2. The van der Waals surface area contributed by atoms with Crippen molar-refractivity contribution in [2.75, 3.05) is 6.54 Å². The molecule has 7 nitrogen and oxygen atoms in total. The van der Waals surface area contributed by atoms with Crippen LogP contribution in [-0.4, -0.2) is 34.7 Å². The maximum absolute atomic E-state index is 11.5. The molecule has 0 saturated carbocycles. The molecule has 0 unspecified atom stereocenters. The first kappa shape index (κ1) is 13.9. The average Bonchev–Trinajstić information content (AvgIpc) is 2.38. The predicted octanol–water partition coefficient (Wildman–Crippen LogP) is -1.12. The van der Waals surface area contributed by atoms with E-state index < -0.39 is 17.9 Å². The number of hydrogen-bond acceptors (Lipinski definition) is 5. The van der Waals surface area contributed by atoms with E-state index in [-0.39, 0.29) is 18.7 Å². The zero-order valence-corrected chi connectivity index (χ0v) is 9.59. The Morgan fingerprint density at radius 2 is 1.89 bits per heavy atom. The maximum Gasteiger partial charge on any atom is 0.262 e. The fourth-order valence-corrected chi connectivity index (χ4v) is 1.32. The summed E-state index contributed by atoms with van der Waals surface area (Å²) in [6.07, 6.45) is 0.285. The number of amides is 2. The second kappa shape index (κ2) is 6.58. The molecule has 98 valence electrons. The fourth-order valence-electron chi connectivity index (χ4n) is 1.32. The first-order valence-electron chi connectivity index (χ1n) is 5.27. The first-order valence-corrected chi connectivity index (χ1v) is 5.27. The molecule has 0 saturated heterocycles. The predicted molar refractivity (Wildman–Crippen MR) is 62.7 cm³/mol. The number of aromatic hydroxyl groups is 1. The van der Waals surface area contributed by atoms with E-state index in [0.29, 0.717) is 0 Å². The van der Waals surface area contributed by atoms with Gasteiger partial charge in [-0.15, -0.1) is 0 Å². The molecule has 1 rings (SSSR count). The molecule has 0 heterocycles. The van der Waals surface area contributed by atoms with Crippen LogP contribution in [-0.2, 0) is 16.0 Å². The molecule has 18 heavy (non-hydrogen) atoms. The molecule has 7 heteroatoms. The number of carbonyl (C=O) groups is 2. The molecular formula is C11H15N3O4. The summed E-state index contributed by atoms with van der Waals surface area (Å²) in [6.45, 7) is -0.335. The highest BCUT2D eigenvalue weighted by Gasteiger charge is 2.14. The van der Waals surface area contributed by atoms with Gasteiger partial charge in [0, 0.05) is 0 Å². The third kappa shape index (κ3) is 4.40. The molecular weight excluding hydrogens is 238 g/mol. The van der Waals surface area contributed by atoms with Gasteiger partial charge >= 0.3 is 0 Å². The van der Waals surface area contributed by atoms with E-state index in [9.17, 15) is 9.59 Å². The number of hydroxylamine groups is 1. The number of hydrogen-bond donors (Lipinski definition) is 5. The summed E-state index contributed by atoms with van der Waals surface area (Å²) in [7, 11) is 0. The zero-order valence-electron chi connectivity index (χ0n) is 9.59. The normalized spacial score (nSPS) is 11.7. The molecule has 6 N–H and O–H groups in total. The molecule has 1 atom stereocenters. The second-order valence-electron chi connectivity index (χ2n) is 3.73. The van der Waals surface area contributed by atoms with Crippen molar-refractivity contribution in [3.8, 4) is 5.75 Å². The van der Waals surface area contributed by atoms with Crippen LogP contribution in [0.25, 0.3) is 0 Å². The summed E-state index contributed by atoms with van der Waals surface area (Å²) in [5.74, 6) is -1.08. The Hall–Kier alpha value is -2.12. The SMILES string of the molecule is N[C@@H](Cc1ccc(O)cc1)C(=O)NCC(=O)NO. The Morgan fingerprint density at radius 3 is 2.44 bits per heavy atom. The highest BCUT2D eigenvalue weighted by molar-refractivity contribution is 5.87. The van der Waals surface area contributed by atoms with Gasteiger partial charge in [-0.25, -0.2) is 5.48 Å². The van der Waals surface area contributed by atoms with Gasteiger partial charge in [-0.1, -0.05) is 12.1 Å². The van der Waals surface area contributed by atoms with E-state index in [0.717, 1.165) is 5.56 Å². The monoisotopic (exact) mass is 253 g/mol. The number of nitrogens with one attached hydrogen (secondary N) is 2. The van der Waals surface area contributed by atoms with Gasteiger partial charge in [-0.05, 0) is 24.1 Å². The largest absolute Gasteiger partial charge is 0.508 e. The standard InChI is InChI=1S/C11H15N3O4/c12-9(11(17)13-6-10(16)14-18)5-7-1-3-8(15)4-2-7/h1-4,9,15,18H,5-6,12H2,(H,13,17)(H,14,16)/t9-/m0/s1. The summed E-state index contributed by atoms with van der Waals surface area (Å²) in [4.78, 5) is 22.2. The van der Waals surface area contributed by atoms with Crippen molar-refractivity contribution < 1.29 is 19.9 Å². The van der Waals surface area contributed by atoms with Crippen LogP contribution in [0.4, 0.5) is 0 Å². The van der Waals surface area contributed by atoms with Crippen molar-refractivity contribution in [2.45, 2.75) is 12.5 Å². The van der Waals surface area contributed by atoms with Gasteiger partial charge in [0.25, 0.3) is 5.91 Å². The Morgan fingerprint density at radius 1 is 1.28 bits per heavy atom. The van der Waals surface area contributed by atoms with Gasteiger partial charge < -0.3 is 16.2 Å². The van der Waals surface area contributed by atoms with Gasteiger partial charge in [-0.2, -0.15) is 0 Å². The number of benzene rings is 1. The smallest absolute Gasteiger partial charge is 0.262 e. The number of nitrogens with two attached hydrogens (primary N) is 1. The van der Waals surface area contributed by atoms with Crippen molar-refractivity contribution in [1.29, 1.82) is 0 Å². The number of phenols is 1. The topological polar surface area (TPSA) is 125 Å². The lowest BCUT2D eigenvalue weighted by molar-refractivity contribution is -0.131. The summed E-state index contributed by atoms with van der Waals surface area (Å²) >= 11 is 0. The highest BCUT2D eigenvalue weighted by Crippen LogP contribution is 2.10. The lowest BCUT2D eigenvalue weighted by atomic mass is 10.1. The minimum absolute atomic E-state index is 0.136. The third-order valence-corrected chi connectivity index (χ3v) is 2.28. The molecule has 1 aromatic rings. The van der Waals surface area contributed by atoms with Crippen LogP contribution >= 0.6 is 0 Å². The van der Waals surface area contributed by atoms with Crippen LogP contribution in [0.1, 0.15) is 5.56 Å². The van der Waals surface area contributed by atoms with Crippen LogP contribution in [0.2, 0.25) is 0 Å². The lowest BCUT2D eigenvalue weighted by Gasteiger charge is -2.11. The molecule has 0 radical (unpaired) electrons. The van der Waals surface area contributed by atoms with E-state index in [1.807, 2.05) is 0 Å². The van der Waals surface area contributed by atoms with E-state index in [1.165, 1.54) is 17.6 Å². The Kier molecular flexibility index (Phi) is 5.09. The molecule has 0 aliphatic carbocycles. The van der Waals surface area contributed by atoms with Crippen molar-refractivity contribution in [3.05, 3.63) is 29.8 Å². The Labute approximate surface area is 104 Å². The molecule has 0 aromatic heterocycles. The molecule has 0 spiro atoms. The van der Waals surface area contributed by atoms with Crippen LogP contribution in [0.15, 0.2) is 24.3 Å². The third-order valence-electron chi connectivity index (χ3n) is 2.28. The van der Waals surface area contributed by atoms with Crippen LogP contribution < -0.4 is 16.5 Å². The summed E-state index contributed by atoms with van der Waals surface area (Å²) < 4.78 is 0. The van der Waals surface area contributed by atoms with Crippen LogP contribution in [0.3, 0.4) is 0 Å². The molecule has 2 amide bonds. The van der Waals surface area contributed by atoms with E-state index in [1.54, 1.807) is 12.1 Å². The second-order valence-corrected chi connectivity index (χ2v) is 3.73. The zero-order chi connectivity index (χ0) is 13.5. The Balaban J connectivity index is 2.44. The van der Waals surface area contributed by atoms with Crippen LogP contribution in [0, 0.1) is 0 Å². The van der Waals surface area contributed by atoms with E-state index >= 15 is 0 Å². The van der Waals surface area contributed by atoms with Crippen molar-refractivity contribution >= 4 is 11.8 Å². The molecule has 0 bridgehead atoms. The number of phenolic OH excluding ortho intramolecular Hbond substituents is 1. The van der Waals surface area contributed by atoms with E-state index in [2.05, 4.69) is 5.32 Å². The molecule has 1 aromatic carbocycles. The lowest BCUT2D eigenvalue weighted by Crippen LogP contribution is -2.45. The van der Waals surface area contributed by atoms with Gasteiger partial charge in [0.05, 0.1) is 12.6 Å². The maximum atomic E-state index is 11.5. The van der Waals surface area contributed by atoms with Gasteiger partial charge in [0.15, 0.2) is 0 Å². The fraction of sp³-hybridized carbons (Fsp3) is 0.273. The van der Waals surface area contributed by atoms with Gasteiger partial charge in [0.2, 0.25) is 5.91 Å².